The summed E-state index contributed by atoms with van der Waals surface area (Å²) in [6.07, 6.45) is 1.75. The molecule has 0 N–H and O–H groups in total. The molecule has 0 aromatic heterocycles. The van der Waals surface area contributed by atoms with E-state index in [0.717, 1.165) is 0 Å². The molecular weight excluding hydrogens is 88.1 g/mol. The lowest BCUT2D eigenvalue weighted by atomic mass is 10.6. The van der Waals surface area contributed by atoms with Gasteiger partial charge in [0.1, 0.15) is 6.17 Å². The van der Waals surface area contributed by atoms with E-state index in [2.05, 4.69) is 16.7 Å². The number of rotatable bonds is 2. The highest BCUT2D eigenvalue weighted by Crippen LogP contribution is 1.84. The Hall–Kier alpha value is -0.660. The van der Waals surface area contributed by atoms with E-state index in [4.69, 9.17) is 0 Å². The van der Waals surface area contributed by atoms with Gasteiger partial charge in [0.15, 0.2) is 0 Å². The molecule has 0 saturated carbocycles. The largest absolute Gasteiger partial charge is 0.275 e. The van der Waals surface area contributed by atoms with Gasteiger partial charge in [-0.1, -0.05) is 0 Å². The zero-order valence-electron chi connectivity index (χ0n) is 4.76. The van der Waals surface area contributed by atoms with E-state index in [-0.39, 0.29) is 6.17 Å². The van der Waals surface area contributed by atoms with Gasteiger partial charge in [-0.05, 0) is 26.8 Å². The summed E-state index contributed by atoms with van der Waals surface area (Å²) >= 11 is 0. The van der Waals surface area contributed by atoms with E-state index in [1.807, 2.05) is 13.8 Å². The highest BCUT2D eigenvalue weighted by atomic mass is 15.0. The first-order valence-electron chi connectivity index (χ1n) is 2.25. The number of aliphatic imine (C=N–C) groups is 2. The molecule has 0 spiro atoms. The summed E-state index contributed by atoms with van der Waals surface area (Å²) in [5.41, 5.74) is 0. The molecular formula is C5H10N2. The molecule has 1 atom stereocenters. The second-order valence-electron chi connectivity index (χ2n) is 1.22. The summed E-state index contributed by atoms with van der Waals surface area (Å²) in [5.74, 6) is 0. The Morgan fingerprint density at radius 1 is 1.71 bits per heavy atom. The predicted octanol–water partition coefficient (Wildman–Crippen LogP) is 1.12. The predicted molar refractivity (Wildman–Crippen MR) is 33.2 cm³/mol. The summed E-state index contributed by atoms with van der Waals surface area (Å²) in [6.45, 7) is 7.06. The van der Waals surface area contributed by atoms with Crippen LogP contribution in [0.15, 0.2) is 9.98 Å². The van der Waals surface area contributed by atoms with Crippen molar-refractivity contribution in [1.82, 2.24) is 0 Å². The standard InChI is InChI=1S/C5H10N2/c1-4-7-5(2)6-3/h4-5H,3H2,1-2H3/t5-/m0/s1. The minimum Gasteiger partial charge on any atom is -0.275 e. The molecule has 0 bridgehead atoms. The molecule has 0 aliphatic heterocycles. The average molecular weight is 98.1 g/mol. The molecule has 0 aliphatic rings. The van der Waals surface area contributed by atoms with Crippen molar-refractivity contribution in [2.75, 3.05) is 0 Å². The van der Waals surface area contributed by atoms with Crippen LogP contribution in [0, 0.1) is 0 Å². The van der Waals surface area contributed by atoms with Gasteiger partial charge in [-0.15, -0.1) is 0 Å². The first kappa shape index (κ1) is 6.34. The van der Waals surface area contributed by atoms with Crippen LogP contribution >= 0.6 is 0 Å². The van der Waals surface area contributed by atoms with Crippen molar-refractivity contribution in [1.29, 1.82) is 0 Å². The normalized spacial score (nSPS) is 14.6. The zero-order chi connectivity index (χ0) is 5.70. The fourth-order valence-corrected chi connectivity index (χ4v) is 0.263. The Balaban J connectivity index is 3.35. The highest BCUT2D eigenvalue weighted by Gasteiger charge is 1.82. The maximum Gasteiger partial charge on any atom is 0.135 e. The lowest BCUT2D eigenvalue weighted by Crippen LogP contribution is -1.88. The minimum absolute atomic E-state index is 0.0324. The molecule has 0 saturated heterocycles. The van der Waals surface area contributed by atoms with Crippen LogP contribution in [0.5, 0.6) is 0 Å². The monoisotopic (exact) mass is 98.1 g/mol. The molecule has 2 nitrogen and oxygen atoms in total. The summed E-state index contributed by atoms with van der Waals surface area (Å²) in [6, 6.07) is 0. The van der Waals surface area contributed by atoms with E-state index >= 15 is 0 Å². The Morgan fingerprint density at radius 3 is 2.43 bits per heavy atom. The van der Waals surface area contributed by atoms with Crippen LogP contribution in [0.25, 0.3) is 0 Å². The van der Waals surface area contributed by atoms with Gasteiger partial charge >= 0.3 is 0 Å². The summed E-state index contributed by atoms with van der Waals surface area (Å²) in [7, 11) is 0. The number of nitrogens with zero attached hydrogens (tertiary/aromatic N) is 2. The van der Waals surface area contributed by atoms with E-state index in [9.17, 15) is 0 Å². The number of hydrogen-bond donors (Lipinski definition) is 0. The third kappa shape index (κ3) is 3.16. The molecule has 0 aromatic rings. The van der Waals surface area contributed by atoms with Gasteiger partial charge < -0.3 is 0 Å². The fraction of sp³-hybridized carbons (Fsp3) is 0.600. The van der Waals surface area contributed by atoms with E-state index < -0.39 is 0 Å². The molecule has 0 rings (SSSR count). The fourth-order valence-electron chi connectivity index (χ4n) is 0.263. The maximum atomic E-state index is 3.89. The van der Waals surface area contributed by atoms with Crippen LogP contribution in [0.2, 0.25) is 0 Å². The lowest BCUT2D eigenvalue weighted by Gasteiger charge is -1.91. The third-order valence-corrected chi connectivity index (χ3v) is 0.629. The van der Waals surface area contributed by atoms with E-state index in [0.29, 0.717) is 0 Å². The van der Waals surface area contributed by atoms with Gasteiger partial charge in [0.25, 0.3) is 0 Å². The Kier molecular flexibility index (Phi) is 3.19. The topological polar surface area (TPSA) is 24.7 Å². The molecule has 0 aliphatic carbocycles. The number of hydrogen-bond acceptors (Lipinski definition) is 2. The van der Waals surface area contributed by atoms with Crippen molar-refractivity contribution in [3.8, 4) is 0 Å². The average Bonchev–Trinajstić information content (AvgIpc) is 1.68. The van der Waals surface area contributed by atoms with Crippen LogP contribution < -0.4 is 0 Å². The summed E-state index contributed by atoms with van der Waals surface area (Å²) in [4.78, 5) is 7.52. The Labute approximate surface area is 44.0 Å². The second-order valence-corrected chi connectivity index (χ2v) is 1.22. The SMILES string of the molecule is C=N[C@H](C)N=CC. The highest BCUT2D eigenvalue weighted by molar-refractivity contribution is 5.53. The van der Waals surface area contributed by atoms with Crippen molar-refractivity contribution in [3.05, 3.63) is 0 Å². The minimum atomic E-state index is 0.0324. The summed E-state index contributed by atoms with van der Waals surface area (Å²) in [5, 5.41) is 0. The van der Waals surface area contributed by atoms with Crippen molar-refractivity contribution < 1.29 is 0 Å². The smallest absolute Gasteiger partial charge is 0.135 e. The first-order chi connectivity index (χ1) is 3.31. The zero-order valence-corrected chi connectivity index (χ0v) is 4.76. The second kappa shape index (κ2) is 3.53. The lowest BCUT2D eigenvalue weighted by molar-refractivity contribution is 0.805. The van der Waals surface area contributed by atoms with E-state index in [1.165, 1.54) is 0 Å². The molecule has 7 heavy (non-hydrogen) atoms. The van der Waals surface area contributed by atoms with E-state index in [1.54, 1.807) is 6.21 Å². The van der Waals surface area contributed by atoms with Crippen LogP contribution in [-0.2, 0) is 0 Å². The maximum absolute atomic E-state index is 3.89. The molecule has 2 heteroatoms. The van der Waals surface area contributed by atoms with Crippen molar-refractivity contribution in [3.63, 3.8) is 0 Å². The Bertz CT molecular complexity index is 76.1. The molecule has 0 amide bonds. The van der Waals surface area contributed by atoms with Crippen molar-refractivity contribution in [2.24, 2.45) is 9.98 Å². The summed E-state index contributed by atoms with van der Waals surface area (Å²) < 4.78 is 0. The molecule has 0 aromatic carbocycles. The van der Waals surface area contributed by atoms with Crippen LogP contribution in [0.1, 0.15) is 13.8 Å². The van der Waals surface area contributed by atoms with Gasteiger partial charge in [0.2, 0.25) is 0 Å². The van der Waals surface area contributed by atoms with Crippen LogP contribution in [0.4, 0.5) is 0 Å². The molecule has 0 unspecified atom stereocenters. The first-order valence-corrected chi connectivity index (χ1v) is 2.25. The van der Waals surface area contributed by atoms with Crippen molar-refractivity contribution >= 4 is 12.9 Å². The van der Waals surface area contributed by atoms with Gasteiger partial charge in [-0.3, -0.25) is 9.98 Å². The van der Waals surface area contributed by atoms with Crippen LogP contribution in [0.3, 0.4) is 0 Å². The molecule has 0 heterocycles. The van der Waals surface area contributed by atoms with Crippen LogP contribution in [-0.4, -0.2) is 19.1 Å². The molecule has 40 valence electrons. The van der Waals surface area contributed by atoms with Crippen molar-refractivity contribution in [2.45, 2.75) is 20.0 Å². The molecule has 0 fully saturated rings. The molecule has 0 radical (unpaired) electrons. The van der Waals surface area contributed by atoms with Gasteiger partial charge in [-0.2, -0.15) is 0 Å². The van der Waals surface area contributed by atoms with Gasteiger partial charge in [0, 0.05) is 0 Å². The van der Waals surface area contributed by atoms with Gasteiger partial charge in [-0.25, -0.2) is 0 Å². The quantitative estimate of drug-likeness (QED) is 0.462. The third-order valence-electron chi connectivity index (χ3n) is 0.629. The Morgan fingerprint density at radius 2 is 2.29 bits per heavy atom. The van der Waals surface area contributed by atoms with Gasteiger partial charge in [0.05, 0.1) is 0 Å².